The Morgan fingerprint density at radius 3 is 2.62 bits per heavy atom. The van der Waals surface area contributed by atoms with Crippen LogP contribution in [0.5, 0.6) is 0 Å². The molecule has 6 nitrogen and oxygen atoms in total. The second kappa shape index (κ2) is 9.07. The molecule has 1 atom stereocenters. The van der Waals surface area contributed by atoms with Crippen LogP contribution >= 0.6 is 0 Å². The van der Waals surface area contributed by atoms with Gasteiger partial charge in [-0.2, -0.15) is 5.10 Å². The van der Waals surface area contributed by atoms with Crippen molar-refractivity contribution in [3.63, 3.8) is 0 Å². The predicted molar refractivity (Wildman–Crippen MR) is 134 cm³/mol. The molecule has 2 aromatic carbocycles. The number of benzene rings is 2. The number of likely N-dealkylation sites (tertiary alicyclic amines) is 1. The molecule has 0 aliphatic carbocycles. The van der Waals surface area contributed by atoms with Gasteiger partial charge in [-0.05, 0) is 48.3 Å². The largest absolute Gasteiger partial charge is 0.412 e. The Morgan fingerprint density at radius 1 is 1.21 bits per heavy atom. The molecular weight excluding hydrogens is 449 g/mol. The summed E-state index contributed by atoms with van der Waals surface area (Å²) in [6.45, 7) is 12.0. The van der Waals surface area contributed by atoms with Gasteiger partial charge in [0.25, 0.3) is 11.5 Å². The Morgan fingerprint density at radius 2 is 1.91 bits per heavy atom. The summed E-state index contributed by atoms with van der Waals surface area (Å²) in [5.74, 6) is -0.859. The maximum absolute atomic E-state index is 14.7. The van der Waals surface area contributed by atoms with Crippen LogP contribution in [0.1, 0.15) is 48.8 Å². The average molecular weight is 482 g/mol. The van der Waals surface area contributed by atoms with Gasteiger partial charge < -0.3 is 9.33 Å². The van der Waals surface area contributed by atoms with E-state index in [9.17, 15) is 14.0 Å². The molecule has 0 radical (unpaired) electrons. The molecule has 4 rings (SSSR count). The second-order valence-electron chi connectivity index (χ2n) is 10.6. The van der Waals surface area contributed by atoms with E-state index in [-0.39, 0.29) is 28.2 Å². The lowest BCUT2D eigenvalue weighted by molar-refractivity contribution is 0.0763. The molecule has 1 unspecified atom stereocenters. The number of amides is 1. The summed E-state index contributed by atoms with van der Waals surface area (Å²) in [5.41, 5.74) is 1.23. The molecule has 1 aromatic heterocycles. The summed E-state index contributed by atoms with van der Waals surface area (Å²) in [4.78, 5) is 27.0. The van der Waals surface area contributed by atoms with Crippen molar-refractivity contribution >= 4 is 25.0 Å². The number of carbonyl (C=O) groups excluding carboxylic acids is 1. The molecule has 0 saturated carbocycles. The zero-order chi connectivity index (χ0) is 24.7. The fourth-order valence-corrected chi connectivity index (χ4v) is 5.50. The molecule has 0 bridgehead atoms. The predicted octanol–water partition coefficient (Wildman–Crippen LogP) is 4.89. The van der Waals surface area contributed by atoms with Gasteiger partial charge in [-0.15, -0.1) is 0 Å². The lowest BCUT2D eigenvalue weighted by atomic mass is 10.0. The van der Waals surface area contributed by atoms with Crippen molar-refractivity contribution in [2.45, 2.75) is 57.8 Å². The fraction of sp³-hybridized carbons (Fsp3) is 0.423. The van der Waals surface area contributed by atoms with Crippen molar-refractivity contribution in [2.24, 2.45) is 0 Å². The Hall–Kier alpha value is -2.84. The SMILES string of the molecule is CC(C)(C)[Si](C)(C)OC1CCN(C(=O)c2cc(Cc3n[nH]c(=O)c4ccccc34)ccc2F)C1. The van der Waals surface area contributed by atoms with E-state index in [1.165, 1.54) is 6.07 Å². The molecule has 3 aromatic rings. The first-order valence-electron chi connectivity index (χ1n) is 11.7. The average Bonchev–Trinajstić information content (AvgIpc) is 3.23. The number of H-pyrrole nitrogens is 1. The van der Waals surface area contributed by atoms with Gasteiger partial charge in [0.2, 0.25) is 0 Å². The minimum atomic E-state index is -1.95. The molecule has 2 heterocycles. The number of halogens is 1. The van der Waals surface area contributed by atoms with E-state index in [1.807, 2.05) is 12.1 Å². The molecule has 1 aliphatic rings. The Kier molecular flexibility index (Phi) is 6.48. The van der Waals surface area contributed by atoms with Crippen molar-refractivity contribution in [1.29, 1.82) is 0 Å². The van der Waals surface area contributed by atoms with Crippen LogP contribution in [0, 0.1) is 5.82 Å². The van der Waals surface area contributed by atoms with Crippen LogP contribution in [-0.2, 0) is 10.8 Å². The van der Waals surface area contributed by atoms with E-state index >= 15 is 0 Å². The van der Waals surface area contributed by atoms with E-state index in [0.717, 1.165) is 17.4 Å². The maximum Gasteiger partial charge on any atom is 0.272 e. The summed E-state index contributed by atoms with van der Waals surface area (Å²) >= 11 is 0. The summed E-state index contributed by atoms with van der Waals surface area (Å²) in [6.07, 6.45) is 1.11. The van der Waals surface area contributed by atoms with Gasteiger partial charge >= 0.3 is 0 Å². The summed E-state index contributed by atoms with van der Waals surface area (Å²) in [7, 11) is -1.95. The minimum Gasteiger partial charge on any atom is -0.412 e. The van der Waals surface area contributed by atoms with Gasteiger partial charge in [-0.1, -0.05) is 45.0 Å². The van der Waals surface area contributed by atoms with Gasteiger partial charge in [-0.3, -0.25) is 9.59 Å². The Balaban J connectivity index is 1.53. The smallest absolute Gasteiger partial charge is 0.272 e. The molecule has 34 heavy (non-hydrogen) atoms. The van der Waals surface area contributed by atoms with Crippen LogP contribution in [0.15, 0.2) is 47.3 Å². The van der Waals surface area contributed by atoms with Crippen LogP contribution in [0.3, 0.4) is 0 Å². The maximum atomic E-state index is 14.7. The summed E-state index contributed by atoms with van der Waals surface area (Å²) < 4.78 is 21.2. The number of nitrogens with zero attached hydrogens (tertiary/aromatic N) is 2. The molecule has 8 heteroatoms. The number of hydrogen-bond donors (Lipinski definition) is 1. The lowest BCUT2D eigenvalue weighted by Gasteiger charge is -2.38. The molecule has 1 saturated heterocycles. The van der Waals surface area contributed by atoms with Crippen LogP contribution in [-0.4, -0.2) is 48.5 Å². The highest BCUT2D eigenvalue weighted by Crippen LogP contribution is 2.38. The van der Waals surface area contributed by atoms with Crippen LogP contribution in [0.2, 0.25) is 18.1 Å². The van der Waals surface area contributed by atoms with E-state index in [4.69, 9.17) is 4.43 Å². The molecule has 180 valence electrons. The number of aromatic nitrogens is 2. The number of rotatable bonds is 5. The fourth-order valence-electron chi connectivity index (χ4n) is 4.12. The number of aromatic amines is 1. The van der Waals surface area contributed by atoms with Gasteiger partial charge in [0.05, 0.1) is 22.7 Å². The highest BCUT2D eigenvalue weighted by atomic mass is 28.4. The summed E-state index contributed by atoms with van der Waals surface area (Å²) in [5, 5.41) is 8.11. The van der Waals surface area contributed by atoms with Crippen molar-refractivity contribution in [2.75, 3.05) is 13.1 Å². The highest BCUT2D eigenvalue weighted by Gasteiger charge is 2.41. The Labute approximate surface area is 200 Å². The van der Waals surface area contributed by atoms with Gasteiger partial charge in [0.1, 0.15) is 5.82 Å². The van der Waals surface area contributed by atoms with E-state index in [0.29, 0.717) is 30.6 Å². The first-order valence-corrected chi connectivity index (χ1v) is 14.6. The number of carbonyl (C=O) groups is 1. The Bertz CT molecular complexity index is 1280. The van der Waals surface area contributed by atoms with Crippen molar-refractivity contribution < 1.29 is 13.6 Å². The highest BCUT2D eigenvalue weighted by molar-refractivity contribution is 6.74. The number of nitrogens with one attached hydrogen (secondary N) is 1. The third kappa shape index (κ3) is 4.83. The van der Waals surface area contributed by atoms with Crippen LogP contribution in [0.4, 0.5) is 4.39 Å². The zero-order valence-corrected chi connectivity index (χ0v) is 21.4. The normalized spacial score (nSPS) is 16.9. The van der Waals surface area contributed by atoms with Crippen LogP contribution < -0.4 is 5.56 Å². The van der Waals surface area contributed by atoms with Gasteiger partial charge in [-0.25, -0.2) is 9.49 Å². The van der Waals surface area contributed by atoms with E-state index in [2.05, 4.69) is 44.1 Å². The lowest BCUT2D eigenvalue weighted by Crippen LogP contribution is -2.44. The quantitative estimate of drug-likeness (QED) is 0.527. The second-order valence-corrected chi connectivity index (χ2v) is 15.3. The summed E-state index contributed by atoms with van der Waals surface area (Å²) in [6, 6.07) is 11.8. The molecule has 0 spiro atoms. The minimum absolute atomic E-state index is 0.0206. The molecule has 1 aliphatic heterocycles. The third-order valence-electron chi connectivity index (χ3n) is 7.11. The van der Waals surface area contributed by atoms with Crippen molar-refractivity contribution in [3.05, 3.63) is 75.5 Å². The van der Waals surface area contributed by atoms with Gasteiger partial charge in [0.15, 0.2) is 8.32 Å². The van der Waals surface area contributed by atoms with E-state index < -0.39 is 14.1 Å². The molecule has 1 amide bonds. The van der Waals surface area contributed by atoms with Crippen molar-refractivity contribution in [3.8, 4) is 0 Å². The molecular formula is C26H32FN3O3Si. The zero-order valence-electron chi connectivity index (χ0n) is 20.4. The standard InChI is InChI=1S/C26H32FN3O3Si/c1-26(2,3)34(4,5)33-18-12-13-30(16-18)25(32)21-14-17(10-11-22(21)27)15-23-19-8-6-7-9-20(19)24(31)29-28-23/h6-11,14,18H,12-13,15-16H2,1-5H3,(H,29,31). The topological polar surface area (TPSA) is 75.3 Å². The molecule has 1 N–H and O–H groups in total. The number of fused-ring (bicyclic) bond motifs is 1. The first kappa shape index (κ1) is 24.3. The monoisotopic (exact) mass is 481 g/mol. The molecule has 1 fully saturated rings. The van der Waals surface area contributed by atoms with Gasteiger partial charge in [0, 0.05) is 24.9 Å². The van der Waals surface area contributed by atoms with E-state index in [1.54, 1.807) is 29.2 Å². The first-order chi connectivity index (χ1) is 16.0. The van der Waals surface area contributed by atoms with Crippen molar-refractivity contribution in [1.82, 2.24) is 15.1 Å². The number of hydrogen-bond acceptors (Lipinski definition) is 4. The van der Waals surface area contributed by atoms with Crippen LogP contribution in [0.25, 0.3) is 10.8 Å². The third-order valence-corrected chi connectivity index (χ3v) is 11.6.